The van der Waals surface area contributed by atoms with E-state index in [0.29, 0.717) is 23.1 Å². The Morgan fingerprint density at radius 3 is 1.36 bits per heavy atom. The minimum absolute atomic E-state index is 0.000399. The molecule has 0 spiro atoms. The standard InChI is InChI=1S/C86H121ClN18O25S2/c1-5-49(4)76(85(129)95-59(19-22-69(89)110)77(121)90-39-53-8-6-52(38-88)7-9-53)100-82(126)64(35-51-12-17-56(107)18-13-51)96-83(127)65(46-131)98-80(124)61(32-48(2)3)92-70(111)40-91-78(122)62(36-54-14-21-68(109)58(87)33-54)97-84(128)67-37-57(108)41-105(67)86(130)66(47-132)99-79(123)60(20-23-72(113)114)94-81(125)63(34-50-10-15-55(106)16-11-50)93-71(112)42-101-24-26-102(43-73(115)116)28-30-104(45-75(119)120)31-29-103(27-25-101)44-74(117)118/h6-18,21,33,48-49,57,59-67,76,106-109,131-132H,5,19-20,22-32,34-47,88H2,1-4H3,(H2,89,110)(H,90,121)(H,91,122)(H,92,111)(H,93,112)(H,94,125)(H,95,129)(H,96,127)(H,97,128)(H,98,124)(H,99,123)(H,100,126)(H,113,114)(H,115,116)(H,117,118)(H,119,120)/t49?,57-,59+,60-,61+,62+,63+,64+,65+,66+,67+,76+/m1/s1. The number of aliphatic hydroxyl groups is 1. The summed E-state index contributed by atoms with van der Waals surface area (Å²) in [4.78, 5) is 240. The normalized spacial score (nSPS) is 17.0. The van der Waals surface area contributed by atoms with Crippen molar-refractivity contribution in [1.29, 1.82) is 0 Å². The van der Waals surface area contributed by atoms with Crippen molar-refractivity contribution in [3.63, 3.8) is 0 Å². The van der Waals surface area contributed by atoms with Crippen molar-refractivity contribution in [2.75, 3.05) is 103 Å². The van der Waals surface area contributed by atoms with Gasteiger partial charge in [0.15, 0.2) is 0 Å². The molecule has 4 aromatic rings. The Kier molecular flexibility index (Phi) is 45.1. The second-order valence-corrected chi connectivity index (χ2v) is 33.9. The molecule has 2 aliphatic rings. The van der Waals surface area contributed by atoms with E-state index >= 15 is 0 Å². The number of carbonyl (C=O) groups excluding carboxylic acids is 13. The van der Waals surface area contributed by atoms with Gasteiger partial charge in [0, 0.05) is 122 Å². The van der Waals surface area contributed by atoms with Gasteiger partial charge in [-0.2, -0.15) is 25.3 Å². The van der Waals surface area contributed by atoms with E-state index in [-0.39, 0.29) is 131 Å². The van der Waals surface area contributed by atoms with Gasteiger partial charge in [-0.25, -0.2) is 0 Å². The summed E-state index contributed by atoms with van der Waals surface area (Å²) in [5, 5.41) is 109. The number of carboxylic acids is 4. The molecule has 0 bridgehead atoms. The monoisotopic (exact) mass is 1900 g/mol. The van der Waals surface area contributed by atoms with Crippen molar-refractivity contribution in [2.45, 2.75) is 172 Å². The summed E-state index contributed by atoms with van der Waals surface area (Å²) >= 11 is 15.0. The number of aliphatic hydroxyl groups excluding tert-OH is 1. The molecule has 0 saturated carbocycles. The quantitative estimate of drug-likeness (QED) is 0.0189. The van der Waals surface area contributed by atoms with Gasteiger partial charge in [0.1, 0.15) is 77.7 Å². The van der Waals surface area contributed by atoms with Crippen LogP contribution >= 0.6 is 36.9 Å². The van der Waals surface area contributed by atoms with E-state index in [9.17, 15) is 122 Å². The summed E-state index contributed by atoms with van der Waals surface area (Å²) in [6, 6.07) is 6.36. The average molecular weight is 1910 g/mol. The van der Waals surface area contributed by atoms with Crippen molar-refractivity contribution in [3.05, 3.63) is 124 Å². The average Bonchev–Trinajstić information content (AvgIpc) is 1.66. The van der Waals surface area contributed by atoms with Crippen LogP contribution in [0.3, 0.4) is 0 Å². The van der Waals surface area contributed by atoms with Crippen LogP contribution in [0.2, 0.25) is 5.02 Å². The number of rotatable bonds is 50. The SMILES string of the molecule is CCC(C)[C@H](NC(=O)[C@H](Cc1ccc(O)cc1)NC(=O)[C@H](CS)NC(=O)[C@H](CC(C)C)NC(=O)CNC(=O)[C@H](Cc1ccc(O)c(Cl)c1)NC(=O)[C@@H]1C[C@@H](O)CN1C(=O)[C@H](CS)NC(=O)[C@@H](CCC(=O)O)NC(=O)[C@H](Cc1ccc(O)cc1)NC(=O)CN1CCN(CC(=O)O)CCN(CC(=O)O)CCN(CC(=O)O)CC1)C(=O)N[C@@H](CCC(N)=O)C(=O)NCc1ccc(CN)cc1. The number of phenolic OH excluding ortho intramolecular Hbond substituents is 3. The molecule has 23 N–H and O–H groups in total. The minimum atomic E-state index is -1.80. The van der Waals surface area contributed by atoms with Crippen LogP contribution in [-0.2, 0) is 114 Å². The molecule has 43 nitrogen and oxygen atoms in total. The van der Waals surface area contributed by atoms with Gasteiger partial charge in [-0.1, -0.05) is 100 Å². The number of β-amino-alcohol motifs (C(OH)–C–C–N with tert-alkyl or cyclic N) is 1. The molecule has 6 rings (SSSR count). The van der Waals surface area contributed by atoms with Gasteiger partial charge in [-0.15, -0.1) is 0 Å². The van der Waals surface area contributed by atoms with E-state index in [4.69, 9.17) is 23.1 Å². The zero-order chi connectivity index (χ0) is 97.6. The van der Waals surface area contributed by atoms with E-state index in [2.05, 4.69) is 83.7 Å². The molecule has 2 saturated heterocycles. The molecule has 2 fully saturated rings. The predicted molar refractivity (Wildman–Crippen MR) is 484 cm³/mol. The first-order valence-electron chi connectivity index (χ1n) is 42.9. The Labute approximate surface area is 777 Å². The number of likely N-dealkylation sites (tertiary alicyclic amines) is 1. The number of carboxylic acid groups (broad SMARTS) is 4. The minimum Gasteiger partial charge on any atom is -0.508 e. The zero-order valence-corrected chi connectivity index (χ0v) is 76.2. The highest BCUT2D eigenvalue weighted by molar-refractivity contribution is 7.80. The van der Waals surface area contributed by atoms with E-state index in [1.807, 2.05) is 0 Å². The van der Waals surface area contributed by atoms with E-state index in [1.165, 1.54) is 76.5 Å². The van der Waals surface area contributed by atoms with Crippen LogP contribution in [0.5, 0.6) is 17.2 Å². The number of aromatic hydroxyl groups is 3. The van der Waals surface area contributed by atoms with Gasteiger partial charge in [-0.3, -0.25) is 101 Å². The van der Waals surface area contributed by atoms with Gasteiger partial charge in [0.25, 0.3) is 0 Å². The van der Waals surface area contributed by atoms with Crippen LogP contribution in [0.25, 0.3) is 0 Å². The first-order chi connectivity index (χ1) is 62.5. The summed E-state index contributed by atoms with van der Waals surface area (Å²) in [6.07, 6.45) is -4.58. The van der Waals surface area contributed by atoms with E-state index in [1.54, 1.807) is 61.8 Å². The smallest absolute Gasteiger partial charge is 0.317 e. The molecule has 13 amide bonds. The molecule has 132 heavy (non-hydrogen) atoms. The lowest BCUT2D eigenvalue weighted by molar-refractivity contribution is -0.142. The molecule has 0 radical (unpaired) electrons. The molecule has 1 unspecified atom stereocenters. The summed E-state index contributed by atoms with van der Waals surface area (Å²) in [7, 11) is 0. The number of amides is 13. The van der Waals surface area contributed by atoms with Gasteiger partial charge in [0.05, 0.1) is 43.9 Å². The second-order valence-electron chi connectivity index (χ2n) is 32.8. The topological polar surface area (TPSA) is 653 Å². The number of nitrogens with zero attached hydrogens (tertiary/aromatic N) is 5. The number of carbonyl (C=O) groups is 17. The molecular weight excluding hydrogens is 1780 g/mol. The van der Waals surface area contributed by atoms with Crippen molar-refractivity contribution >= 4 is 138 Å². The summed E-state index contributed by atoms with van der Waals surface area (Å²) in [6.45, 7) is 4.22. The summed E-state index contributed by atoms with van der Waals surface area (Å²) in [5.74, 6) is -19.8. The molecule has 46 heteroatoms. The summed E-state index contributed by atoms with van der Waals surface area (Å²) in [5.41, 5.74) is 13.7. The fourth-order valence-corrected chi connectivity index (χ4v) is 15.1. The number of primary amides is 1. The lowest BCUT2D eigenvalue weighted by atomic mass is 9.96. The molecule has 724 valence electrons. The number of phenols is 3. The molecule has 2 aliphatic heterocycles. The first kappa shape index (κ1) is 109. The van der Waals surface area contributed by atoms with Crippen molar-refractivity contribution in [3.8, 4) is 17.2 Å². The Morgan fingerprint density at radius 2 is 0.864 bits per heavy atom. The number of aliphatic carboxylic acids is 4. The molecule has 2 heterocycles. The number of nitrogens with one attached hydrogen (secondary N) is 11. The highest BCUT2D eigenvalue weighted by atomic mass is 35.5. The van der Waals surface area contributed by atoms with Crippen LogP contribution in [-0.4, -0.2) is 336 Å². The number of thiol groups is 2. The van der Waals surface area contributed by atoms with Crippen LogP contribution < -0.4 is 70.0 Å². The second kappa shape index (κ2) is 54.7. The third-order valence-corrected chi connectivity index (χ3v) is 22.9. The number of benzene rings is 4. The molecule has 12 atom stereocenters. The van der Waals surface area contributed by atoms with Gasteiger partial charge >= 0.3 is 23.9 Å². The molecule has 0 aliphatic carbocycles. The van der Waals surface area contributed by atoms with Gasteiger partial charge in [-0.05, 0) is 95.3 Å². The maximum absolute atomic E-state index is 14.8. The van der Waals surface area contributed by atoms with Crippen LogP contribution in [0.15, 0.2) is 91.0 Å². The number of hydrogen-bond donors (Lipinski definition) is 23. The predicted octanol–water partition coefficient (Wildman–Crippen LogP) is -3.74. The Bertz CT molecular complexity index is 4610. The highest BCUT2D eigenvalue weighted by Crippen LogP contribution is 2.26. The largest absolute Gasteiger partial charge is 0.508 e. The molecule has 0 aromatic heterocycles. The lowest BCUT2D eigenvalue weighted by Crippen LogP contribution is -2.61. The van der Waals surface area contributed by atoms with Crippen LogP contribution in [0.1, 0.15) is 100 Å². The Morgan fingerprint density at radius 1 is 0.455 bits per heavy atom. The summed E-state index contributed by atoms with van der Waals surface area (Å²) < 4.78 is 0. The third kappa shape index (κ3) is 37.7. The fourth-order valence-electron chi connectivity index (χ4n) is 14.4. The Hall–Kier alpha value is -12.0. The van der Waals surface area contributed by atoms with Gasteiger partial charge in [0.2, 0.25) is 76.8 Å². The van der Waals surface area contributed by atoms with Crippen molar-refractivity contribution in [1.82, 2.24) is 83.0 Å². The third-order valence-electron chi connectivity index (χ3n) is 21.9. The fraction of sp³-hybridized carbons (Fsp3) is 0.523. The van der Waals surface area contributed by atoms with Crippen LogP contribution in [0, 0.1) is 11.8 Å². The van der Waals surface area contributed by atoms with Crippen molar-refractivity contribution < 1.29 is 122 Å². The first-order valence-corrected chi connectivity index (χ1v) is 44.5. The van der Waals surface area contributed by atoms with Crippen LogP contribution in [0.4, 0.5) is 0 Å². The number of nitrogens with two attached hydrogens (primary N) is 2. The van der Waals surface area contributed by atoms with E-state index < -0.39 is 250 Å². The molecular formula is C86H121ClN18O25S2. The zero-order valence-electron chi connectivity index (χ0n) is 73.6. The van der Waals surface area contributed by atoms with Crippen molar-refractivity contribution in [2.24, 2.45) is 23.3 Å². The maximum atomic E-state index is 14.8. The number of halogens is 1. The maximum Gasteiger partial charge on any atom is 0.317 e. The van der Waals surface area contributed by atoms with Gasteiger partial charge < -0.3 is 116 Å². The number of hydrogen-bond acceptors (Lipinski definition) is 28. The molecule has 4 aromatic carbocycles. The lowest BCUT2D eigenvalue weighted by Gasteiger charge is -2.33. The highest BCUT2D eigenvalue weighted by Gasteiger charge is 2.44. The van der Waals surface area contributed by atoms with E-state index in [0.717, 1.165) is 10.5 Å². The Balaban J connectivity index is 1.16.